The first kappa shape index (κ1) is 32.2. The van der Waals surface area contributed by atoms with Crippen molar-refractivity contribution in [2.75, 3.05) is 26.8 Å². The van der Waals surface area contributed by atoms with E-state index in [0.717, 1.165) is 55.9 Å². The van der Waals surface area contributed by atoms with Crippen LogP contribution in [0.2, 0.25) is 0 Å². The maximum absolute atomic E-state index is 13.3. The highest BCUT2D eigenvalue weighted by Crippen LogP contribution is 2.44. The number of hydrogen-bond acceptors (Lipinski definition) is 6. The zero-order valence-electron chi connectivity index (χ0n) is 22.6. The average Bonchev–Trinajstić information content (AvgIpc) is 2.75. The highest BCUT2D eigenvalue weighted by molar-refractivity contribution is 8.23. The molecule has 0 N–H and O–H groups in total. The summed E-state index contributed by atoms with van der Waals surface area (Å²) in [5, 5.41) is 0. The Morgan fingerprint density at radius 2 is 1.45 bits per heavy atom. The van der Waals surface area contributed by atoms with Crippen molar-refractivity contribution in [3.63, 3.8) is 0 Å². The molecular weight excluding hydrogens is 454 g/mol. The Kier molecular flexibility index (Phi) is 15.6. The number of carbonyl (C=O) groups is 2. The standard InChI is InChI=1S/C26H49NO4S2/c1-10-13-16-27(17-14-11-2)24(32)33-26(7,8)21(23(29)31-18-15-12-3)19-25(5,6)20(4)22(28)30-9/h20-21H,10-19H2,1-9H3. The number of unbranched alkanes of at least 4 members (excludes halogenated alkanes) is 3. The van der Waals surface area contributed by atoms with Crippen molar-refractivity contribution < 1.29 is 19.1 Å². The van der Waals surface area contributed by atoms with Crippen molar-refractivity contribution in [2.24, 2.45) is 17.3 Å². The summed E-state index contributed by atoms with van der Waals surface area (Å²) in [6, 6.07) is 0. The van der Waals surface area contributed by atoms with E-state index in [1.165, 1.54) is 7.11 Å². The molecule has 0 aromatic rings. The molecular formula is C26H49NO4S2. The zero-order valence-corrected chi connectivity index (χ0v) is 24.3. The van der Waals surface area contributed by atoms with Crippen LogP contribution in [0, 0.1) is 17.3 Å². The normalized spacial score (nSPS) is 13.8. The summed E-state index contributed by atoms with van der Waals surface area (Å²) in [7, 11) is 1.41. The van der Waals surface area contributed by atoms with E-state index in [-0.39, 0.29) is 17.9 Å². The van der Waals surface area contributed by atoms with E-state index in [9.17, 15) is 9.59 Å². The molecule has 0 amide bonds. The minimum Gasteiger partial charge on any atom is -0.469 e. The van der Waals surface area contributed by atoms with Crippen molar-refractivity contribution >= 4 is 40.2 Å². The molecule has 2 unspecified atom stereocenters. The fourth-order valence-corrected chi connectivity index (χ4v) is 5.49. The first-order chi connectivity index (χ1) is 15.4. The third kappa shape index (κ3) is 11.4. The van der Waals surface area contributed by atoms with E-state index in [0.29, 0.717) is 13.0 Å². The SMILES string of the molecule is CCCCOC(=O)C(CC(C)(C)C(C)C(=O)OC)C(C)(C)SC(=S)N(CCCC)CCCC. The van der Waals surface area contributed by atoms with Crippen molar-refractivity contribution in [3.8, 4) is 0 Å². The molecule has 0 bridgehead atoms. The molecule has 0 aliphatic rings. The van der Waals surface area contributed by atoms with Crippen molar-refractivity contribution in [1.82, 2.24) is 4.90 Å². The van der Waals surface area contributed by atoms with E-state index in [1.54, 1.807) is 11.8 Å². The Morgan fingerprint density at radius 3 is 1.91 bits per heavy atom. The Hall–Kier alpha value is -0.820. The van der Waals surface area contributed by atoms with Gasteiger partial charge in [0.25, 0.3) is 0 Å². The van der Waals surface area contributed by atoms with Crippen LogP contribution in [0.4, 0.5) is 0 Å². The van der Waals surface area contributed by atoms with Gasteiger partial charge in [0.1, 0.15) is 4.32 Å². The molecule has 0 rings (SSSR count). The van der Waals surface area contributed by atoms with E-state index < -0.39 is 16.1 Å². The highest BCUT2D eigenvalue weighted by Gasteiger charge is 2.44. The molecule has 0 aliphatic carbocycles. The summed E-state index contributed by atoms with van der Waals surface area (Å²) < 4.78 is 11.0. The van der Waals surface area contributed by atoms with Crippen LogP contribution >= 0.6 is 24.0 Å². The molecule has 0 aromatic carbocycles. The van der Waals surface area contributed by atoms with Crippen molar-refractivity contribution in [3.05, 3.63) is 0 Å². The lowest BCUT2D eigenvalue weighted by Crippen LogP contribution is -2.43. The second kappa shape index (κ2) is 16.0. The molecule has 0 aromatic heterocycles. The van der Waals surface area contributed by atoms with Crippen molar-refractivity contribution in [1.29, 1.82) is 0 Å². The maximum atomic E-state index is 13.3. The molecule has 5 nitrogen and oxygen atoms in total. The lowest BCUT2D eigenvalue weighted by Gasteiger charge is -2.40. The summed E-state index contributed by atoms with van der Waals surface area (Å²) in [6.07, 6.45) is 6.74. The lowest BCUT2D eigenvalue weighted by atomic mass is 9.71. The largest absolute Gasteiger partial charge is 0.469 e. The topological polar surface area (TPSA) is 55.8 Å². The summed E-state index contributed by atoms with van der Waals surface area (Å²) >= 11 is 7.47. The van der Waals surface area contributed by atoms with Gasteiger partial charge in [-0.3, -0.25) is 9.59 Å². The molecule has 0 saturated carbocycles. The van der Waals surface area contributed by atoms with E-state index in [2.05, 4.69) is 39.5 Å². The minimum atomic E-state index is -0.482. The Balaban J connectivity index is 5.77. The predicted molar refractivity (Wildman–Crippen MR) is 145 cm³/mol. The molecule has 7 heteroatoms. The maximum Gasteiger partial charge on any atom is 0.310 e. The Labute approximate surface area is 213 Å². The number of thioether (sulfide) groups is 1. The van der Waals surface area contributed by atoms with Gasteiger partial charge >= 0.3 is 11.9 Å². The smallest absolute Gasteiger partial charge is 0.310 e. The lowest BCUT2D eigenvalue weighted by molar-refractivity contribution is -0.155. The quantitative estimate of drug-likeness (QED) is 0.129. The molecule has 0 fully saturated rings. The summed E-state index contributed by atoms with van der Waals surface area (Å²) in [5.74, 6) is -1.21. The number of carbonyl (C=O) groups excluding carboxylic acids is 2. The minimum absolute atomic E-state index is 0.206. The number of hydrogen-bond donors (Lipinski definition) is 0. The van der Waals surface area contributed by atoms with Crippen LogP contribution in [0.5, 0.6) is 0 Å². The van der Waals surface area contributed by atoms with Crippen LogP contribution in [-0.2, 0) is 19.1 Å². The molecule has 0 aliphatic heterocycles. The molecule has 33 heavy (non-hydrogen) atoms. The van der Waals surface area contributed by atoms with E-state index in [4.69, 9.17) is 21.7 Å². The number of nitrogens with zero attached hydrogens (tertiary/aromatic N) is 1. The molecule has 0 radical (unpaired) electrons. The first-order valence-electron chi connectivity index (χ1n) is 12.6. The summed E-state index contributed by atoms with van der Waals surface area (Å²) in [6.45, 7) is 18.8. The van der Waals surface area contributed by atoms with Gasteiger partial charge in [0.2, 0.25) is 0 Å². The third-order valence-corrected chi connectivity index (χ3v) is 8.25. The van der Waals surface area contributed by atoms with Gasteiger partial charge in [0, 0.05) is 17.8 Å². The summed E-state index contributed by atoms with van der Waals surface area (Å²) in [5.41, 5.74) is -0.439. The zero-order chi connectivity index (χ0) is 25.7. The second-order valence-corrected chi connectivity index (χ2v) is 12.5. The first-order valence-corrected chi connectivity index (χ1v) is 13.8. The third-order valence-electron chi connectivity index (χ3n) is 6.49. The van der Waals surface area contributed by atoms with Crippen LogP contribution < -0.4 is 0 Å². The van der Waals surface area contributed by atoms with Crippen LogP contribution in [0.25, 0.3) is 0 Å². The predicted octanol–water partition coefficient (Wildman–Crippen LogP) is 6.87. The second-order valence-electron chi connectivity index (χ2n) is 10.2. The van der Waals surface area contributed by atoms with Crippen LogP contribution in [0.15, 0.2) is 0 Å². The van der Waals surface area contributed by atoms with Crippen LogP contribution in [0.1, 0.15) is 100 Å². The van der Waals surface area contributed by atoms with Crippen LogP contribution in [-0.4, -0.2) is 52.7 Å². The van der Waals surface area contributed by atoms with Gasteiger partial charge in [0.05, 0.1) is 25.6 Å². The van der Waals surface area contributed by atoms with Gasteiger partial charge < -0.3 is 14.4 Å². The van der Waals surface area contributed by atoms with Crippen molar-refractivity contribution in [2.45, 2.75) is 105 Å². The number of esters is 2. The molecule has 2 atom stereocenters. The van der Waals surface area contributed by atoms with Gasteiger partial charge in [-0.25, -0.2) is 0 Å². The van der Waals surface area contributed by atoms with E-state index in [1.807, 2.05) is 20.8 Å². The number of thiocarbonyl (C=S) groups is 1. The Bertz CT molecular complexity index is 599. The summed E-state index contributed by atoms with van der Waals surface area (Å²) in [4.78, 5) is 27.8. The van der Waals surface area contributed by atoms with Gasteiger partial charge in [-0.05, 0) is 44.9 Å². The number of rotatable bonds is 16. The van der Waals surface area contributed by atoms with Crippen LogP contribution in [0.3, 0.4) is 0 Å². The fourth-order valence-electron chi connectivity index (χ4n) is 3.58. The number of methoxy groups -OCH3 is 1. The van der Waals surface area contributed by atoms with Gasteiger partial charge in [-0.15, -0.1) is 0 Å². The monoisotopic (exact) mass is 503 g/mol. The van der Waals surface area contributed by atoms with E-state index >= 15 is 0 Å². The Morgan fingerprint density at radius 1 is 0.939 bits per heavy atom. The van der Waals surface area contributed by atoms with Gasteiger partial charge in [-0.1, -0.05) is 84.8 Å². The molecule has 0 spiro atoms. The van der Waals surface area contributed by atoms with Gasteiger partial charge in [0.15, 0.2) is 0 Å². The highest BCUT2D eigenvalue weighted by atomic mass is 32.2. The van der Waals surface area contributed by atoms with Gasteiger partial charge in [-0.2, -0.15) is 0 Å². The molecule has 0 heterocycles. The fraction of sp³-hybridized carbons (Fsp3) is 0.885. The molecule has 194 valence electrons. The average molecular weight is 504 g/mol. The molecule has 0 saturated heterocycles. The number of ether oxygens (including phenoxy) is 2.